The number of aryl methyl sites for hydroxylation is 2. The monoisotopic (exact) mass is 487 g/mol. The molecule has 0 unspecified atom stereocenters. The third-order valence-corrected chi connectivity index (χ3v) is 6.75. The molecular formula is C24H30ClN5O2S. The maximum Gasteiger partial charge on any atom is 0.175 e. The Kier molecular flexibility index (Phi) is 8.63. The molecule has 0 aliphatic heterocycles. The van der Waals surface area contributed by atoms with Crippen LogP contribution < -0.4 is 15.2 Å². The smallest absolute Gasteiger partial charge is 0.175 e. The predicted molar refractivity (Wildman–Crippen MR) is 135 cm³/mol. The first kappa shape index (κ1) is 24.9. The molecule has 9 heteroatoms. The summed E-state index contributed by atoms with van der Waals surface area (Å²) in [6.07, 6.45) is 8.53. The quantitative estimate of drug-likeness (QED) is 0.427. The lowest BCUT2D eigenvalue weighted by Crippen LogP contribution is -2.04. The van der Waals surface area contributed by atoms with Gasteiger partial charge in [-0.25, -0.2) is 15.0 Å². The summed E-state index contributed by atoms with van der Waals surface area (Å²) < 4.78 is 13.0. The molecule has 4 rings (SSSR count). The second kappa shape index (κ2) is 11.4. The number of aromatic nitrogens is 4. The number of rotatable bonds is 7. The Balaban J connectivity index is 0.00000149. The summed E-state index contributed by atoms with van der Waals surface area (Å²) in [4.78, 5) is 14.3. The summed E-state index contributed by atoms with van der Waals surface area (Å²) in [6, 6.07) is 3.92. The molecule has 33 heavy (non-hydrogen) atoms. The molecule has 0 spiro atoms. The molecule has 1 aliphatic rings. The highest BCUT2D eigenvalue weighted by Gasteiger charge is 2.19. The summed E-state index contributed by atoms with van der Waals surface area (Å²) in [5, 5.41) is 1.61. The van der Waals surface area contributed by atoms with Gasteiger partial charge in [-0.15, -0.1) is 0 Å². The number of fused-ring (bicyclic) bond motifs is 1. The van der Waals surface area contributed by atoms with Gasteiger partial charge in [0.05, 0.1) is 14.2 Å². The largest absolute Gasteiger partial charge is 0.493 e. The molecule has 0 amide bonds. The van der Waals surface area contributed by atoms with Crippen LogP contribution in [0.4, 0.5) is 5.82 Å². The van der Waals surface area contributed by atoms with Gasteiger partial charge in [-0.2, -0.15) is 0 Å². The van der Waals surface area contributed by atoms with E-state index in [4.69, 9.17) is 31.8 Å². The first-order valence-electron chi connectivity index (χ1n) is 10.9. The number of ether oxygens (including phenoxy) is 2. The molecular weight excluding hydrogens is 458 g/mol. The van der Waals surface area contributed by atoms with Crippen LogP contribution in [0.5, 0.6) is 11.5 Å². The van der Waals surface area contributed by atoms with Crippen LogP contribution in [-0.4, -0.2) is 33.7 Å². The minimum atomic E-state index is 0.365. The lowest BCUT2D eigenvalue weighted by molar-refractivity contribution is 0.353. The highest BCUT2D eigenvalue weighted by atomic mass is 35.5. The summed E-state index contributed by atoms with van der Waals surface area (Å²) in [5.41, 5.74) is 9.61. The number of allylic oxidation sites excluding steroid dienone is 4. The van der Waals surface area contributed by atoms with Crippen LogP contribution in [-0.2, 0) is 6.54 Å². The Morgan fingerprint density at radius 2 is 1.79 bits per heavy atom. The van der Waals surface area contributed by atoms with Crippen LogP contribution in [0.2, 0.25) is 0 Å². The Hall–Kier alpha value is -2.71. The number of nitrogens with zero attached hydrogens (tertiary/aromatic N) is 4. The van der Waals surface area contributed by atoms with Crippen LogP contribution in [0.1, 0.15) is 38.7 Å². The van der Waals surface area contributed by atoms with Crippen molar-refractivity contribution >= 4 is 40.3 Å². The van der Waals surface area contributed by atoms with Crippen molar-refractivity contribution in [1.29, 1.82) is 0 Å². The van der Waals surface area contributed by atoms with Gasteiger partial charge in [0.25, 0.3) is 0 Å². The number of imidazole rings is 1. The van der Waals surface area contributed by atoms with Crippen molar-refractivity contribution < 1.29 is 9.47 Å². The van der Waals surface area contributed by atoms with E-state index >= 15 is 0 Å². The summed E-state index contributed by atoms with van der Waals surface area (Å²) in [6.45, 7) is 6.71. The number of anilines is 1. The zero-order chi connectivity index (χ0) is 24.0. The Bertz CT molecular complexity index is 1190. The van der Waals surface area contributed by atoms with Gasteiger partial charge in [-0.05, 0) is 49.5 Å². The van der Waals surface area contributed by atoms with E-state index in [1.807, 2.05) is 32.9 Å². The number of benzene rings is 1. The zero-order valence-electron chi connectivity index (χ0n) is 19.7. The lowest BCUT2D eigenvalue weighted by atomic mass is 10.0. The van der Waals surface area contributed by atoms with Gasteiger partial charge in [0.15, 0.2) is 33.6 Å². The third-order valence-electron chi connectivity index (χ3n) is 5.20. The first-order valence-corrected chi connectivity index (χ1v) is 12.1. The van der Waals surface area contributed by atoms with Crippen LogP contribution in [0.25, 0.3) is 11.2 Å². The Morgan fingerprint density at radius 3 is 2.48 bits per heavy atom. The molecule has 7 nitrogen and oxygen atoms in total. The number of methoxy groups -OCH3 is 2. The van der Waals surface area contributed by atoms with E-state index in [2.05, 4.69) is 26.7 Å². The molecule has 2 heterocycles. The molecule has 0 atom stereocenters. The van der Waals surface area contributed by atoms with E-state index in [1.165, 1.54) is 18.1 Å². The highest BCUT2D eigenvalue weighted by molar-refractivity contribution is 7.99. The second-order valence-corrected chi connectivity index (χ2v) is 8.58. The third kappa shape index (κ3) is 5.45. The first-order chi connectivity index (χ1) is 16.0. The van der Waals surface area contributed by atoms with Gasteiger partial charge in [0.2, 0.25) is 0 Å². The molecule has 2 N–H and O–H groups in total. The molecule has 1 aliphatic carbocycles. The van der Waals surface area contributed by atoms with Crippen molar-refractivity contribution in [3.05, 3.63) is 46.8 Å². The van der Waals surface area contributed by atoms with E-state index in [-0.39, 0.29) is 0 Å². The fraction of sp³-hybridized carbons (Fsp3) is 0.375. The van der Waals surface area contributed by atoms with Crippen LogP contribution in [0.15, 0.2) is 51.3 Å². The SMILES string of the molecule is CC.COc1cc(C)c(Sc2nc3c(N)ncnc3n2CCC2=CCCC=C2Cl)cc1OC. The van der Waals surface area contributed by atoms with Gasteiger partial charge < -0.3 is 19.8 Å². The molecule has 3 aromatic rings. The van der Waals surface area contributed by atoms with Crippen molar-refractivity contribution in [2.24, 2.45) is 0 Å². The average molecular weight is 488 g/mol. The molecule has 0 saturated heterocycles. The van der Waals surface area contributed by atoms with E-state index < -0.39 is 0 Å². The summed E-state index contributed by atoms with van der Waals surface area (Å²) in [7, 11) is 3.26. The fourth-order valence-electron chi connectivity index (χ4n) is 3.53. The minimum absolute atomic E-state index is 0.365. The Labute approximate surface area is 204 Å². The average Bonchev–Trinajstić information content (AvgIpc) is 3.19. The van der Waals surface area contributed by atoms with Gasteiger partial charge in [0, 0.05) is 16.5 Å². The summed E-state index contributed by atoms with van der Waals surface area (Å²) >= 11 is 7.95. The van der Waals surface area contributed by atoms with Crippen LogP contribution in [0, 0.1) is 6.92 Å². The summed E-state index contributed by atoms with van der Waals surface area (Å²) in [5.74, 6) is 1.73. The molecule has 2 aromatic heterocycles. The van der Waals surface area contributed by atoms with Crippen molar-refractivity contribution in [3.8, 4) is 11.5 Å². The van der Waals surface area contributed by atoms with Crippen LogP contribution in [0.3, 0.4) is 0 Å². The van der Waals surface area contributed by atoms with E-state index in [0.717, 1.165) is 45.5 Å². The highest BCUT2D eigenvalue weighted by Crippen LogP contribution is 2.39. The van der Waals surface area contributed by atoms with Gasteiger partial charge in [0.1, 0.15) is 6.33 Å². The molecule has 176 valence electrons. The molecule has 0 bridgehead atoms. The molecule has 0 radical (unpaired) electrons. The standard InChI is InChI=1S/C22H24ClN5O2S.C2H6/c1-13-10-16(29-2)17(30-3)11-18(13)31-22-27-19-20(24)25-12-26-21(19)28(22)9-8-14-6-4-5-7-15(14)23;1-2/h6-7,10-12H,4-5,8-9H2,1-3H3,(H2,24,25,26);1-2H3. The predicted octanol–water partition coefficient (Wildman–Crippen LogP) is 6.14. The van der Waals surface area contributed by atoms with Crippen molar-refractivity contribution in [2.75, 3.05) is 20.0 Å². The lowest BCUT2D eigenvalue weighted by Gasteiger charge is -2.15. The zero-order valence-corrected chi connectivity index (χ0v) is 21.3. The Morgan fingerprint density at radius 1 is 1.09 bits per heavy atom. The van der Waals surface area contributed by atoms with E-state index in [1.54, 1.807) is 14.2 Å². The number of nitrogen functional groups attached to an aromatic ring is 1. The van der Waals surface area contributed by atoms with E-state index in [9.17, 15) is 0 Å². The topological polar surface area (TPSA) is 88.1 Å². The molecule has 0 fully saturated rings. The second-order valence-electron chi connectivity index (χ2n) is 7.16. The maximum atomic E-state index is 6.41. The number of halogens is 1. The normalized spacial score (nSPS) is 13.2. The van der Waals surface area contributed by atoms with E-state index in [0.29, 0.717) is 35.0 Å². The van der Waals surface area contributed by atoms with Crippen LogP contribution >= 0.6 is 23.4 Å². The fourth-order valence-corrected chi connectivity index (χ4v) is 4.82. The maximum absolute atomic E-state index is 6.41. The van der Waals surface area contributed by atoms with Crippen molar-refractivity contribution in [2.45, 2.75) is 56.6 Å². The van der Waals surface area contributed by atoms with Gasteiger partial charge >= 0.3 is 0 Å². The number of nitrogens with two attached hydrogens (primary N) is 1. The number of hydrogen-bond acceptors (Lipinski definition) is 7. The van der Waals surface area contributed by atoms with Gasteiger partial charge in [-0.3, -0.25) is 0 Å². The number of hydrogen-bond donors (Lipinski definition) is 1. The van der Waals surface area contributed by atoms with Gasteiger partial charge in [-0.1, -0.05) is 49.4 Å². The van der Waals surface area contributed by atoms with Crippen molar-refractivity contribution in [3.63, 3.8) is 0 Å². The van der Waals surface area contributed by atoms with Crippen molar-refractivity contribution in [1.82, 2.24) is 19.5 Å². The molecule has 0 saturated carbocycles. The molecule has 1 aromatic carbocycles. The minimum Gasteiger partial charge on any atom is -0.493 e.